The van der Waals surface area contributed by atoms with E-state index in [-0.39, 0.29) is 126 Å². The Morgan fingerprint density at radius 2 is 0.660 bits per heavy atom. The van der Waals surface area contributed by atoms with Crippen molar-refractivity contribution in [2.45, 2.75) is 325 Å². The lowest BCUT2D eigenvalue weighted by atomic mass is 9.97. The number of nitrogens with zero attached hydrogens (tertiary/aromatic N) is 8. The molecule has 10 fully saturated rings. The fraction of sp³-hybridized carbons (Fsp3) is 0.584. The molecule has 0 spiro atoms. The Hall–Kier alpha value is -13.5. The second-order valence-corrected chi connectivity index (χ2v) is 41.5. The Morgan fingerprint density at radius 1 is 0.389 bits per heavy atom. The average Bonchev–Trinajstić information content (AvgIpc) is 1.65. The van der Waals surface area contributed by atoms with Gasteiger partial charge < -0.3 is 132 Å². The maximum Gasteiger partial charge on any atom is 0.410 e. The number of esters is 3. The lowest BCUT2D eigenvalue weighted by Crippen LogP contribution is -2.51. The van der Waals surface area contributed by atoms with Gasteiger partial charge in [-0.05, 0) is 242 Å². The van der Waals surface area contributed by atoms with Crippen LogP contribution >= 0.6 is 0 Å². The molecule has 0 radical (unpaired) electrons. The number of carbonyl (C=O) groups is 7. The molecule has 43 heteroatoms. The van der Waals surface area contributed by atoms with Crippen LogP contribution in [-0.4, -0.2) is 262 Å². The normalized spacial score (nSPS) is 23.4. The monoisotopic (exact) mass is 2010 g/mol. The minimum Gasteiger partial charge on any atom is -0.495 e. The minimum atomic E-state index is -0.978. The lowest BCUT2D eigenvalue weighted by Gasteiger charge is -2.40. The van der Waals surface area contributed by atoms with Crippen LogP contribution < -0.4 is 72.9 Å². The van der Waals surface area contributed by atoms with Crippen molar-refractivity contribution in [3.63, 3.8) is 0 Å². The Labute approximate surface area is 836 Å². The second kappa shape index (κ2) is 46.9. The summed E-state index contributed by atoms with van der Waals surface area (Å²) >= 11 is 0. The summed E-state index contributed by atoms with van der Waals surface area (Å²) in [6.07, 6.45) is 21.0. The molecule has 2 aromatic heterocycles. The standard InChI is InChI=1S/C21H28N4O4.C21H29N3O7.C21H31N3O5.C16H20N4O2.C12H22N2O2.C9H8FNO5.CH3/c1-21(2,3)29-20(27)25-13-5-6-14(25)8-12(7-13)24-17-9-15-16(10-18(17)28-4)22-11-23-19(15)26;1-21(2,3)31-20(26)23-13-6-7-14(23)9-12(8-13)22-16-10-15(19(25)30-5)17(24(27)28)11-18(16)29-4;1-21(2,3)29-20(26)24-13-6-7-14(24)9-12(8-13)23-17-10-15(19(25)28-5)16(22)11-18(17)27-4;1-22-15-7-13-12(16(21)18-8-17-13)6-14(15)20-11-4-9-2-3-10(5-11)19-9;1-12(2,3)16-11(15)14-9-4-5-10(14)7-8(13)6-9;1-15-8-4-7(11(13)14)5(3-6(8)10)9(12)16-2;/h9-14,24H,5-8H2,1-4H3,(H,22,23,26);10-14,22H,6-9H2,1-5H3;10-14,23H,6-9,22H2,1-5H3;6-11,19-20H,2-5H2,1H3,(H,17,18,21);8-10H,4-7,13H2,1-3H3;3-4H,1-2H3;1H3/q;;;;;;-1. The van der Waals surface area contributed by atoms with Crippen molar-refractivity contribution in [3.05, 3.63) is 144 Å². The molecule has 10 saturated heterocycles. The maximum atomic E-state index is 13.2. The number of amides is 4. The molecule has 10 aliphatic rings. The molecule has 12 heterocycles. The summed E-state index contributed by atoms with van der Waals surface area (Å²) in [4.78, 5) is 151. The van der Waals surface area contributed by atoms with Crippen molar-refractivity contribution in [2.75, 3.05) is 83.9 Å². The highest BCUT2D eigenvalue weighted by Crippen LogP contribution is 2.46. The van der Waals surface area contributed by atoms with Gasteiger partial charge in [0.15, 0.2) is 11.6 Å². The molecule has 10 unspecified atom stereocenters. The molecule has 42 nitrogen and oxygen atoms in total. The summed E-state index contributed by atoms with van der Waals surface area (Å²) in [7, 11) is 10.9. The summed E-state index contributed by atoms with van der Waals surface area (Å²) in [6, 6.07) is 18.3. The topological polar surface area (TPSA) is 533 Å². The number of nitrogens with one attached hydrogen (secondary N) is 7. The number of anilines is 5. The van der Waals surface area contributed by atoms with E-state index < -0.39 is 67.2 Å². The molecule has 10 atom stereocenters. The largest absolute Gasteiger partial charge is 0.495 e. The number of nitro groups is 2. The lowest BCUT2D eigenvalue weighted by molar-refractivity contribution is -0.385. The zero-order chi connectivity index (χ0) is 104. The average molecular weight is 2010 g/mol. The van der Waals surface area contributed by atoms with Gasteiger partial charge in [0.25, 0.3) is 22.5 Å². The number of H-pyrrole nitrogens is 2. The smallest absolute Gasteiger partial charge is 0.410 e. The number of hydrogen-bond donors (Lipinski definition) is 9. The van der Waals surface area contributed by atoms with Crippen molar-refractivity contribution in [3.8, 4) is 28.7 Å². The van der Waals surface area contributed by atoms with Crippen LogP contribution in [0.4, 0.5) is 63.4 Å². The molecule has 7 aromatic rings. The fourth-order valence-corrected chi connectivity index (χ4v) is 20.9. The molecule has 788 valence electrons. The number of nitrogens with two attached hydrogens (primary N) is 2. The molecular weight excluding hydrogens is 1870 g/mol. The van der Waals surface area contributed by atoms with Gasteiger partial charge in [-0.25, -0.2) is 47.9 Å². The van der Waals surface area contributed by atoms with Gasteiger partial charge >= 0.3 is 42.3 Å². The van der Waals surface area contributed by atoms with E-state index in [0.29, 0.717) is 105 Å². The molecular formula is C101H141FN17O25-. The first-order valence-corrected chi connectivity index (χ1v) is 48.4. The van der Waals surface area contributed by atoms with Crippen LogP contribution in [0.5, 0.6) is 28.7 Å². The van der Waals surface area contributed by atoms with Crippen LogP contribution in [0.15, 0.2) is 82.9 Å². The number of halogens is 1. The molecule has 4 amide bonds. The predicted molar refractivity (Wildman–Crippen MR) is 538 cm³/mol. The maximum absolute atomic E-state index is 13.2. The van der Waals surface area contributed by atoms with Gasteiger partial charge in [-0.15, -0.1) is 0 Å². The molecule has 17 rings (SSSR count). The van der Waals surface area contributed by atoms with E-state index in [4.69, 9.17) is 58.8 Å². The highest BCUT2D eigenvalue weighted by Gasteiger charge is 2.50. The summed E-state index contributed by atoms with van der Waals surface area (Å²) in [5, 5.41) is 40.7. The molecule has 10 bridgehead atoms. The molecule has 5 aromatic carbocycles. The van der Waals surface area contributed by atoms with Gasteiger partial charge in [0.1, 0.15) is 56.5 Å². The van der Waals surface area contributed by atoms with Gasteiger partial charge in [0, 0.05) is 115 Å². The quantitative estimate of drug-likeness (QED) is 0.00962. The molecule has 11 N–H and O–H groups in total. The number of aromatic amines is 2. The zero-order valence-electron chi connectivity index (χ0n) is 86.0. The van der Waals surface area contributed by atoms with E-state index in [1.807, 2.05) is 115 Å². The van der Waals surface area contributed by atoms with Crippen molar-refractivity contribution in [1.82, 2.24) is 44.9 Å². The van der Waals surface area contributed by atoms with Gasteiger partial charge in [-0.1, -0.05) is 0 Å². The van der Waals surface area contributed by atoms with Gasteiger partial charge in [-0.3, -0.25) is 29.8 Å². The Kier molecular flexibility index (Phi) is 36.1. The van der Waals surface area contributed by atoms with E-state index in [9.17, 15) is 67.8 Å². The summed E-state index contributed by atoms with van der Waals surface area (Å²) in [5.74, 6) is -1.22. The number of piperidine rings is 5. The number of fused-ring (bicyclic) bond motifs is 12. The molecule has 0 saturated carbocycles. The summed E-state index contributed by atoms with van der Waals surface area (Å²) in [6.45, 7) is 22.6. The SMILES string of the molecule is CC(C)(C)OC(=O)N1C2CCC1CC(N)C2.COC(=O)c1cc(F)c(OC)cc1[N+](=O)[O-].COC(=O)c1cc(NC2CC3CCC(C2)N3C(=O)OC(C)(C)C)c(OC)cc1N.COC(=O)c1cc(NC2CC3CCC(C2)N3C(=O)OC(C)(C)C)c(OC)cc1[N+](=O)[O-].COc1cc2nc[nH]c(=O)c2cc1NC1CC2CCC(C1)N2.COc1cc2nc[nH]c(=O)c2cc1NC1CC2CCC(C1)N2C(=O)OC(C)(C)C.[CH3-]. The number of rotatable bonds is 18. The van der Waals surface area contributed by atoms with Gasteiger partial charge in [-0.2, -0.15) is 0 Å². The Balaban J connectivity index is 0.000000167. The van der Waals surface area contributed by atoms with Crippen LogP contribution in [0.1, 0.15) is 243 Å². The van der Waals surface area contributed by atoms with Crippen LogP contribution in [0, 0.1) is 33.5 Å². The number of methoxy groups -OCH3 is 8. The Bertz CT molecular complexity index is 5850. The number of nitro benzene ring substituents is 2. The zero-order valence-corrected chi connectivity index (χ0v) is 86.0. The van der Waals surface area contributed by atoms with Crippen LogP contribution in [0.2, 0.25) is 0 Å². The molecule has 0 aliphatic carbocycles. The first-order chi connectivity index (χ1) is 67.5. The van der Waals surface area contributed by atoms with Crippen LogP contribution in [-0.2, 0) is 33.2 Å². The predicted octanol–water partition coefficient (Wildman–Crippen LogP) is 15.9. The van der Waals surface area contributed by atoms with Crippen LogP contribution in [0.25, 0.3) is 21.8 Å². The number of benzene rings is 5. The third-order valence-electron chi connectivity index (χ3n) is 26.8. The highest BCUT2D eigenvalue weighted by atomic mass is 19.1. The first kappa shape index (κ1) is 111. The number of carbonyl (C=O) groups excluding carboxylic acids is 7. The van der Waals surface area contributed by atoms with Crippen molar-refractivity contribution in [2.24, 2.45) is 5.73 Å². The van der Waals surface area contributed by atoms with Crippen molar-refractivity contribution in [1.29, 1.82) is 0 Å². The first-order valence-electron chi connectivity index (χ1n) is 48.4. The van der Waals surface area contributed by atoms with Crippen LogP contribution in [0.3, 0.4) is 0 Å². The van der Waals surface area contributed by atoms with E-state index in [1.165, 1.54) is 66.1 Å². The number of aromatic nitrogens is 4. The fourth-order valence-electron chi connectivity index (χ4n) is 20.9. The number of hydrogen-bond acceptors (Lipinski definition) is 34. The second-order valence-electron chi connectivity index (χ2n) is 41.5. The third-order valence-corrected chi connectivity index (χ3v) is 26.8. The van der Waals surface area contributed by atoms with E-state index in [2.05, 4.69) is 56.0 Å². The third kappa shape index (κ3) is 27.5. The van der Waals surface area contributed by atoms with E-state index in [1.54, 1.807) is 45.6 Å². The van der Waals surface area contributed by atoms with Crippen molar-refractivity contribution >= 4 is 104 Å². The van der Waals surface area contributed by atoms with Crippen molar-refractivity contribution < 1.29 is 105 Å². The van der Waals surface area contributed by atoms with Gasteiger partial charge in [0.05, 0.1) is 142 Å². The summed E-state index contributed by atoms with van der Waals surface area (Å²) in [5.41, 5.74) is 12.8. The minimum absolute atomic E-state index is 0. The molecule has 10 aliphatic heterocycles. The van der Waals surface area contributed by atoms with E-state index in [0.717, 1.165) is 133 Å². The van der Waals surface area contributed by atoms with E-state index >= 15 is 0 Å². The number of ether oxygens (including phenoxy) is 12. The van der Waals surface area contributed by atoms with Gasteiger partial charge in [0.2, 0.25) is 0 Å². The molecule has 144 heavy (non-hydrogen) atoms. The summed E-state index contributed by atoms with van der Waals surface area (Å²) < 4.78 is 75.6. The Morgan fingerprint density at radius 3 is 0.965 bits per heavy atom. The highest BCUT2D eigenvalue weighted by molar-refractivity contribution is 5.98. The number of nitrogen functional groups attached to an aromatic ring is 1.